The summed E-state index contributed by atoms with van der Waals surface area (Å²) in [7, 11) is 0. The van der Waals surface area contributed by atoms with Crippen LogP contribution in [0, 0.1) is 5.41 Å². The van der Waals surface area contributed by atoms with Gasteiger partial charge in [0.15, 0.2) is 0 Å². The maximum Gasteiger partial charge on any atom is 0.146 e. The summed E-state index contributed by atoms with van der Waals surface area (Å²) in [4.78, 5) is 36.5. The maximum atomic E-state index is 12.5. The number of ketones is 3. The van der Waals surface area contributed by atoms with E-state index in [1.165, 1.54) is 17.0 Å². The fraction of sp³-hybridized carbons (Fsp3) is 0.706. The number of hydrogen-bond acceptors (Lipinski definition) is 3. The Kier molecular flexibility index (Phi) is 5.53. The quantitative estimate of drug-likeness (QED) is 0.692. The third-order valence-electron chi connectivity index (χ3n) is 4.80. The highest BCUT2D eigenvalue weighted by atomic mass is 79.9. The Hall–Kier alpha value is -0.770. The number of allylic oxidation sites excluding steroid dienone is 2. The molecule has 1 saturated carbocycles. The van der Waals surface area contributed by atoms with E-state index in [0.717, 1.165) is 25.7 Å². The second-order valence-electron chi connectivity index (χ2n) is 6.38. The molecule has 0 heterocycles. The number of rotatable bonds is 5. The van der Waals surface area contributed by atoms with Crippen LogP contribution in [0.4, 0.5) is 0 Å². The lowest BCUT2D eigenvalue weighted by Gasteiger charge is -2.36. The highest BCUT2D eigenvalue weighted by molar-refractivity contribution is 9.11. The summed E-state index contributed by atoms with van der Waals surface area (Å²) in [6.45, 7) is 1.53. The van der Waals surface area contributed by atoms with Crippen LogP contribution in [0.5, 0.6) is 0 Å². The van der Waals surface area contributed by atoms with Gasteiger partial charge >= 0.3 is 0 Å². The molecule has 0 amide bonds. The van der Waals surface area contributed by atoms with Gasteiger partial charge in [0.05, 0.1) is 5.41 Å². The van der Waals surface area contributed by atoms with E-state index in [9.17, 15) is 14.4 Å². The zero-order chi connectivity index (χ0) is 15.5. The first-order chi connectivity index (χ1) is 9.95. The molecule has 0 spiro atoms. The summed E-state index contributed by atoms with van der Waals surface area (Å²) in [5, 5.41) is 0. The molecule has 0 N–H and O–H groups in total. The number of hydrogen-bond donors (Lipinski definition) is 0. The van der Waals surface area contributed by atoms with Gasteiger partial charge in [0, 0.05) is 19.3 Å². The van der Waals surface area contributed by atoms with Gasteiger partial charge in [-0.3, -0.25) is 9.59 Å². The van der Waals surface area contributed by atoms with Crippen molar-refractivity contribution in [3.63, 3.8) is 0 Å². The van der Waals surface area contributed by atoms with Gasteiger partial charge in [0.25, 0.3) is 0 Å². The predicted molar refractivity (Wildman–Crippen MR) is 85.3 cm³/mol. The van der Waals surface area contributed by atoms with Gasteiger partial charge in [-0.1, -0.05) is 21.5 Å². The second-order valence-corrected chi connectivity index (χ2v) is 7.33. The second kappa shape index (κ2) is 6.99. The molecule has 116 valence electrons. The zero-order valence-electron chi connectivity index (χ0n) is 12.7. The zero-order valence-corrected chi connectivity index (χ0v) is 14.3. The van der Waals surface area contributed by atoms with Gasteiger partial charge in [0.2, 0.25) is 0 Å². The van der Waals surface area contributed by atoms with Crippen LogP contribution in [0.3, 0.4) is 0 Å². The largest absolute Gasteiger partial charge is 0.300 e. The molecule has 0 aromatic rings. The molecule has 0 aromatic heterocycles. The maximum absolute atomic E-state index is 12.5. The Morgan fingerprint density at radius 2 is 1.67 bits per heavy atom. The molecule has 3 nitrogen and oxygen atoms in total. The van der Waals surface area contributed by atoms with E-state index in [1.54, 1.807) is 0 Å². The van der Waals surface area contributed by atoms with Crippen LogP contribution in [0.2, 0.25) is 0 Å². The molecule has 4 heteroatoms. The molecule has 0 unspecified atom stereocenters. The molecule has 0 saturated heterocycles. The minimum absolute atomic E-state index is 0.0530. The third-order valence-corrected chi connectivity index (χ3v) is 5.76. The van der Waals surface area contributed by atoms with Crippen LogP contribution >= 0.6 is 15.9 Å². The van der Waals surface area contributed by atoms with Crippen molar-refractivity contribution in [2.24, 2.45) is 5.41 Å². The Morgan fingerprint density at radius 1 is 1.05 bits per heavy atom. The van der Waals surface area contributed by atoms with Gasteiger partial charge < -0.3 is 4.79 Å². The monoisotopic (exact) mass is 354 g/mol. The number of carbonyl (C=O) groups is 3. The van der Waals surface area contributed by atoms with Crippen LogP contribution in [0.25, 0.3) is 0 Å². The summed E-state index contributed by atoms with van der Waals surface area (Å²) in [6.07, 6.45) is 7.11. The summed E-state index contributed by atoms with van der Waals surface area (Å²) in [5.41, 5.74) is 0.295. The van der Waals surface area contributed by atoms with E-state index in [2.05, 4.69) is 15.9 Å². The summed E-state index contributed by atoms with van der Waals surface area (Å²) >= 11 is 3.62. The van der Waals surface area contributed by atoms with Crippen LogP contribution in [0.15, 0.2) is 10.1 Å². The van der Waals surface area contributed by atoms with Gasteiger partial charge in [0.1, 0.15) is 17.3 Å². The van der Waals surface area contributed by atoms with Crippen molar-refractivity contribution in [1.82, 2.24) is 0 Å². The van der Waals surface area contributed by atoms with E-state index in [0.29, 0.717) is 38.5 Å². The van der Waals surface area contributed by atoms with Crippen molar-refractivity contribution >= 4 is 33.3 Å². The van der Waals surface area contributed by atoms with E-state index >= 15 is 0 Å². The molecule has 0 atom stereocenters. The standard InChI is InChI=1S/C17H23BrO3/c1-12(19)9-10-17(15(20)7-4-8-16(17)21)11-13-5-2-3-6-14(13)18/h2-11H2,1H3. The van der Waals surface area contributed by atoms with Gasteiger partial charge in [-0.2, -0.15) is 0 Å². The van der Waals surface area contributed by atoms with E-state index in [4.69, 9.17) is 0 Å². The van der Waals surface area contributed by atoms with Crippen molar-refractivity contribution in [2.45, 2.75) is 71.1 Å². The Morgan fingerprint density at radius 3 is 2.24 bits per heavy atom. The highest BCUT2D eigenvalue weighted by Gasteiger charge is 2.47. The molecule has 0 aliphatic heterocycles. The molecule has 0 bridgehead atoms. The molecule has 2 rings (SSSR count). The van der Waals surface area contributed by atoms with Crippen molar-refractivity contribution in [3.05, 3.63) is 10.1 Å². The SMILES string of the molecule is CC(=O)CCC1(CC2=C(Br)CCCC2)C(=O)CCCC1=O. The van der Waals surface area contributed by atoms with Crippen LogP contribution in [0.1, 0.15) is 71.1 Å². The minimum atomic E-state index is -0.921. The fourth-order valence-electron chi connectivity index (χ4n) is 3.48. The molecule has 2 aliphatic carbocycles. The van der Waals surface area contributed by atoms with Gasteiger partial charge in [-0.05, 0) is 56.4 Å². The topological polar surface area (TPSA) is 51.2 Å². The van der Waals surface area contributed by atoms with Crippen LogP contribution in [-0.2, 0) is 14.4 Å². The van der Waals surface area contributed by atoms with Gasteiger partial charge in [-0.25, -0.2) is 0 Å². The molecule has 21 heavy (non-hydrogen) atoms. The molecule has 0 radical (unpaired) electrons. The van der Waals surface area contributed by atoms with E-state index < -0.39 is 5.41 Å². The Balaban J connectivity index is 2.28. The highest BCUT2D eigenvalue weighted by Crippen LogP contribution is 2.44. The number of halogens is 1. The smallest absolute Gasteiger partial charge is 0.146 e. The van der Waals surface area contributed by atoms with E-state index in [-0.39, 0.29) is 17.3 Å². The first kappa shape index (κ1) is 16.6. The summed E-state index contributed by atoms with van der Waals surface area (Å²) in [5.74, 6) is 0.161. The normalized spacial score (nSPS) is 22.6. The van der Waals surface area contributed by atoms with Gasteiger partial charge in [-0.15, -0.1) is 0 Å². The van der Waals surface area contributed by atoms with Crippen molar-refractivity contribution in [1.29, 1.82) is 0 Å². The van der Waals surface area contributed by atoms with Crippen LogP contribution in [-0.4, -0.2) is 17.3 Å². The Bertz CT molecular complexity index is 474. The Labute approximate surface area is 134 Å². The lowest BCUT2D eigenvalue weighted by Crippen LogP contribution is -2.43. The lowest BCUT2D eigenvalue weighted by molar-refractivity contribution is -0.144. The number of Topliss-reactive ketones (excluding diaryl/α,β-unsaturated/α-hetero) is 3. The van der Waals surface area contributed by atoms with Crippen molar-refractivity contribution in [2.75, 3.05) is 0 Å². The summed E-state index contributed by atoms with van der Waals surface area (Å²) in [6, 6.07) is 0. The molecule has 0 aromatic carbocycles. The average molecular weight is 355 g/mol. The summed E-state index contributed by atoms with van der Waals surface area (Å²) < 4.78 is 1.17. The lowest BCUT2D eigenvalue weighted by atomic mass is 9.65. The fourth-order valence-corrected chi connectivity index (χ4v) is 4.10. The number of carbonyl (C=O) groups excluding carboxylic acids is 3. The molecule has 2 aliphatic rings. The predicted octanol–water partition coefficient (Wildman–Crippen LogP) is 4.28. The minimum Gasteiger partial charge on any atom is -0.300 e. The van der Waals surface area contributed by atoms with Crippen molar-refractivity contribution < 1.29 is 14.4 Å². The van der Waals surface area contributed by atoms with E-state index in [1.807, 2.05) is 0 Å². The average Bonchev–Trinajstić information content (AvgIpc) is 2.44. The third kappa shape index (κ3) is 3.71. The first-order valence-electron chi connectivity index (χ1n) is 7.88. The molecular weight excluding hydrogens is 332 g/mol. The molecular formula is C17H23BrO3. The van der Waals surface area contributed by atoms with Crippen LogP contribution < -0.4 is 0 Å². The van der Waals surface area contributed by atoms with Crippen molar-refractivity contribution in [3.8, 4) is 0 Å². The molecule has 1 fully saturated rings. The first-order valence-corrected chi connectivity index (χ1v) is 8.67.